The highest BCUT2D eigenvalue weighted by Gasteiger charge is 2.16. The maximum atomic E-state index is 13.6. The van der Waals surface area contributed by atoms with E-state index in [1.54, 1.807) is 35.8 Å². The Kier molecular flexibility index (Phi) is 5.61. The lowest BCUT2D eigenvalue weighted by molar-refractivity contribution is -0.113. The predicted molar refractivity (Wildman–Crippen MR) is 114 cm³/mol. The van der Waals surface area contributed by atoms with Crippen LogP contribution in [0.15, 0.2) is 64.0 Å². The second kappa shape index (κ2) is 8.32. The van der Waals surface area contributed by atoms with Crippen molar-refractivity contribution in [2.45, 2.75) is 5.16 Å². The summed E-state index contributed by atoms with van der Waals surface area (Å²) >= 11 is 8.30. The van der Waals surface area contributed by atoms with E-state index in [1.165, 1.54) is 34.1 Å². The Balaban J connectivity index is 1.74. The molecule has 6 nitrogen and oxygen atoms in total. The number of nitrogens with zero attached hydrogens (tertiary/aromatic N) is 3. The Labute approximate surface area is 177 Å². The van der Waals surface area contributed by atoms with Crippen molar-refractivity contribution in [3.63, 3.8) is 0 Å². The molecule has 10 heteroatoms. The third kappa shape index (κ3) is 4.16. The van der Waals surface area contributed by atoms with Crippen LogP contribution < -0.4 is 10.9 Å². The summed E-state index contributed by atoms with van der Waals surface area (Å²) in [7, 11) is 0. The average Bonchev–Trinajstić information content (AvgIpc) is 3.22. The summed E-state index contributed by atoms with van der Waals surface area (Å²) in [5, 5.41) is 5.52. The van der Waals surface area contributed by atoms with Gasteiger partial charge in [0, 0.05) is 11.6 Å². The molecule has 29 heavy (non-hydrogen) atoms. The molecule has 0 spiro atoms. The van der Waals surface area contributed by atoms with Gasteiger partial charge in [0.05, 0.1) is 27.4 Å². The van der Waals surface area contributed by atoms with E-state index >= 15 is 0 Å². The first-order valence-corrected chi connectivity index (χ1v) is 10.6. The summed E-state index contributed by atoms with van der Waals surface area (Å²) in [5.41, 5.74) is 0.536. The van der Waals surface area contributed by atoms with Crippen LogP contribution in [-0.4, -0.2) is 26.2 Å². The van der Waals surface area contributed by atoms with Gasteiger partial charge < -0.3 is 5.32 Å². The van der Waals surface area contributed by atoms with E-state index in [4.69, 9.17) is 11.6 Å². The molecule has 0 saturated heterocycles. The molecule has 0 atom stereocenters. The summed E-state index contributed by atoms with van der Waals surface area (Å²) in [5.74, 6) is -0.857. The van der Waals surface area contributed by atoms with E-state index in [0.29, 0.717) is 26.9 Å². The van der Waals surface area contributed by atoms with Crippen LogP contribution in [0, 0.1) is 5.82 Å². The molecule has 1 N–H and O–H groups in total. The van der Waals surface area contributed by atoms with Crippen molar-refractivity contribution in [1.82, 2.24) is 14.5 Å². The molecule has 0 aliphatic carbocycles. The first-order chi connectivity index (χ1) is 14.0. The topological polar surface area (TPSA) is 76.9 Å². The third-order valence-electron chi connectivity index (χ3n) is 3.92. The number of thiazole rings is 1. The first kappa shape index (κ1) is 19.6. The standard InChI is InChI=1S/C19H12ClFN4O2S2/c20-13-9-11(5-6-14(13)21)25-17(27)12-3-1-2-4-15(12)23-19(25)29-10-16(26)24-18-22-7-8-28-18/h1-9H,10H2,(H,22,24,26). The van der Waals surface area contributed by atoms with E-state index in [0.717, 1.165) is 11.8 Å². The molecule has 2 aromatic carbocycles. The van der Waals surface area contributed by atoms with Crippen molar-refractivity contribution in [1.29, 1.82) is 0 Å². The van der Waals surface area contributed by atoms with Gasteiger partial charge in [-0.05, 0) is 30.3 Å². The smallest absolute Gasteiger partial charge is 0.266 e. The molecule has 0 fully saturated rings. The molecular weight excluding hydrogens is 435 g/mol. The largest absolute Gasteiger partial charge is 0.301 e. The molecule has 1 amide bonds. The first-order valence-electron chi connectivity index (χ1n) is 8.32. The van der Waals surface area contributed by atoms with Crippen LogP contribution in [0.5, 0.6) is 0 Å². The molecule has 0 saturated carbocycles. The molecule has 146 valence electrons. The van der Waals surface area contributed by atoms with Crippen molar-refractivity contribution in [2.75, 3.05) is 11.1 Å². The van der Waals surface area contributed by atoms with Crippen molar-refractivity contribution in [2.24, 2.45) is 0 Å². The van der Waals surface area contributed by atoms with Gasteiger partial charge in [0.2, 0.25) is 5.91 Å². The Bertz CT molecular complexity index is 1260. The number of fused-ring (bicyclic) bond motifs is 1. The molecule has 0 bridgehead atoms. The lowest BCUT2D eigenvalue weighted by atomic mass is 10.2. The number of carbonyl (C=O) groups excluding carboxylic acids is 1. The maximum Gasteiger partial charge on any atom is 0.266 e. The number of amides is 1. The van der Waals surface area contributed by atoms with Crippen LogP contribution in [0.4, 0.5) is 9.52 Å². The molecule has 2 aromatic heterocycles. The Morgan fingerprint density at radius 2 is 2.10 bits per heavy atom. The summed E-state index contributed by atoms with van der Waals surface area (Å²) < 4.78 is 14.9. The fraction of sp³-hybridized carbons (Fsp3) is 0.0526. The molecular formula is C19H12ClFN4O2S2. The van der Waals surface area contributed by atoms with E-state index in [2.05, 4.69) is 15.3 Å². The second-order valence-corrected chi connectivity index (χ2v) is 8.07. The van der Waals surface area contributed by atoms with Gasteiger partial charge in [0.1, 0.15) is 5.82 Å². The number of benzene rings is 2. The number of para-hydroxylation sites is 1. The van der Waals surface area contributed by atoms with Crippen LogP contribution in [0.3, 0.4) is 0 Å². The van der Waals surface area contributed by atoms with Gasteiger partial charge in [-0.3, -0.25) is 14.2 Å². The van der Waals surface area contributed by atoms with Gasteiger partial charge in [-0.25, -0.2) is 14.4 Å². The number of rotatable bonds is 5. The Morgan fingerprint density at radius 3 is 2.86 bits per heavy atom. The zero-order chi connectivity index (χ0) is 20.4. The van der Waals surface area contributed by atoms with Crippen molar-refractivity contribution in [3.8, 4) is 5.69 Å². The van der Waals surface area contributed by atoms with E-state index < -0.39 is 5.82 Å². The van der Waals surface area contributed by atoms with Crippen LogP contribution in [0.1, 0.15) is 0 Å². The van der Waals surface area contributed by atoms with E-state index in [9.17, 15) is 14.0 Å². The number of nitrogens with one attached hydrogen (secondary N) is 1. The number of aromatic nitrogens is 3. The lowest BCUT2D eigenvalue weighted by Crippen LogP contribution is -2.23. The minimum absolute atomic E-state index is 0.0132. The number of hydrogen-bond donors (Lipinski definition) is 1. The van der Waals surface area contributed by atoms with Gasteiger partial charge in [0.25, 0.3) is 5.56 Å². The molecule has 4 aromatic rings. The Hall–Kier alpha value is -2.75. The second-order valence-electron chi connectivity index (χ2n) is 5.82. The quantitative estimate of drug-likeness (QED) is 0.364. The lowest BCUT2D eigenvalue weighted by Gasteiger charge is -2.13. The highest BCUT2D eigenvalue weighted by molar-refractivity contribution is 7.99. The Morgan fingerprint density at radius 1 is 1.28 bits per heavy atom. The highest BCUT2D eigenvalue weighted by atomic mass is 35.5. The molecule has 0 unspecified atom stereocenters. The molecule has 2 heterocycles. The molecule has 4 rings (SSSR count). The zero-order valence-corrected chi connectivity index (χ0v) is 17.0. The number of carbonyl (C=O) groups is 1. The average molecular weight is 447 g/mol. The molecule has 0 aliphatic heterocycles. The minimum Gasteiger partial charge on any atom is -0.301 e. The number of halogens is 2. The normalized spacial score (nSPS) is 11.0. The minimum atomic E-state index is -0.589. The van der Waals surface area contributed by atoms with Gasteiger partial charge >= 0.3 is 0 Å². The third-order valence-corrected chi connectivity index (χ3v) is 5.83. The van der Waals surface area contributed by atoms with Crippen molar-refractivity contribution in [3.05, 3.63) is 75.2 Å². The van der Waals surface area contributed by atoms with E-state index in [1.807, 2.05) is 0 Å². The summed E-state index contributed by atoms with van der Waals surface area (Å²) in [6.07, 6.45) is 1.59. The SMILES string of the molecule is O=C(CSc1nc2ccccc2c(=O)n1-c1ccc(F)c(Cl)c1)Nc1nccs1. The molecule has 0 radical (unpaired) electrons. The van der Waals surface area contributed by atoms with Gasteiger partial charge in [-0.2, -0.15) is 0 Å². The molecule has 0 aliphatic rings. The fourth-order valence-electron chi connectivity index (χ4n) is 2.63. The van der Waals surface area contributed by atoms with Crippen LogP contribution in [-0.2, 0) is 4.79 Å². The van der Waals surface area contributed by atoms with Crippen LogP contribution >= 0.6 is 34.7 Å². The number of hydrogen-bond acceptors (Lipinski definition) is 6. The van der Waals surface area contributed by atoms with Gasteiger partial charge in [0.15, 0.2) is 10.3 Å². The van der Waals surface area contributed by atoms with Gasteiger partial charge in [-0.1, -0.05) is 35.5 Å². The zero-order valence-electron chi connectivity index (χ0n) is 14.6. The summed E-state index contributed by atoms with van der Waals surface area (Å²) in [6, 6.07) is 10.9. The summed E-state index contributed by atoms with van der Waals surface area (Å²) in [4.78, 5) is 33.9. The maximum absolute atomic E-state index is 13.6. The van der Waals surface area contributed by atoms with E-state index in [-0.39, 0.29) is 22.2 Å². The van der Waals surface area contributed by atoms with Crippen LogP contribution in [0.25, 0.3) is 16.6 Å². The number of thioether (sulfide) groups is 1. The van der Waals surface area contributed by atoms with Crippen molar-refractivity contribution >= 4 is 56.6 Å². The van der Waals surface area contributed by atoms with Crippen molar-refractivity contribution < 1.29 is 9.18 Å². The van der Waals surface area contributed by atoms with Crippen LogP contribution in [0.2, 0.25) is 5.02 Å². The summed E-state index contributed by atoms with van der Waals surface area (Å²) in [6.45, 7) is 0. The number of anilines is 1. The monoisotopic (exact) mass is 446 g/mol. The predicted octanol–water partition coefficient (Wildman–Crippen LogP) is 4.37. The van der Waals surface area contributed by atoms with Gasteiger partial charge in [-0.15, -0.1) is 11.3 Å². The fourth-order valence-corrected chi connectivity index (χ4v) is 4.16. The highest BCUT2D eigenvalue weighted by Crippen LogP contribution is 2.24.